The van der Waals surface area contributed by atoms with Gasteiger partial charge < -0.3 is 39.0 Å². The van der Waals surface area contributed by atoms with Gasteiger partial charge in [0.25, 0.3) is 0 Å². The lowest BCUT2D eigenvalue weighted by atomic mass is 9.98. The highest BCUT2D eigenvalue weighted by molar-refractivity contribution is 5.74. The van der Waals surface area contributed by atoms with Crippen LogP contribution in [0.3, 0.4) is 0 Å². The van der Waals surface area contributed by atoms with E-state index in [2.05, 4.69) is 45.1 Å². The van der Waals surface area contributed by atoms with E-state index < -0.39 is 67.3 Å². The Hall–Kier alpha value is -2.80. The van der Waals surface area contributed by atoms with Gasteiger partial charge in [0.05, 0.1) is 6.61 Å². The molecule has 73 heavy (non-hydrogen) atoms. The molecule has 0 bridgehead atoms. The number of hydrogen-bond donors (Lipinski definition) is 3. The van der Waals surface area contributed by atoms with E-state index in [0.29, 0.717) is 19.3 Å². The second kappa shape index (κ2) is 50.0. The maximum absolute atomic E-state index is 13.1. The number of carboxylic acids is 1. The third kappa shape index (κ3) is 40.2. The number of carbonyl (C=O) groups is 4. The maximum Gasteiger partial charge on any atom is 0.335 e. The highest BCUT2D eigenvalue weighted by Crippen LogP contribution is 2.27. The number of esters is 3. The van der Waals surface area contributed by atoms with Gasteiger partial charge in [0.1, 0.15) is 18.8 Å². The van der Waals surface area contributed by atoms with Crippen molar-refractivity contribution in [2.24, 2.45) is 0 Å². The quantitative estimate of drug-likeness (QED) is 0.0228. The second-order valence-electron chi connectivity index (χ2n) is 21.0. The van der Waals surface area contributed by atoms with Crippen LogP contribution in [0.2, 0.25) is 0 Å². The fourth-order valence-corrected chi connectivity index (χ4v) is 9.34. The normalized spacial score (nSPS) is 18.4. The number of aliphatic hydroxyl groups is 2. The van der Waals surface area contributed by atoms with Gasteiger partial charge in [-0.15, -0.1) is 0 Å². The van der Waals surface area contributed by atoms with Crippen molar-refractivity contribution in [3.8, 4) is 0 Å². The monoisotopic (exact) mass is 1030 g/mol. The van der Waals surface area contributed by atoms with Crippen LogP contribution in [0.25, 0.3) is 0 Å². The van der Waals surface area contributed by atoms with Crippen LogP contribution in [-0.2, 0) is 42.9 Å². The Bertz CT molecular complexity index is 1370. The van der Waals surface area contributed by atoms with Crippen molar-refractivity contribution in [3.05, 3.63) is 24.3 Å². The number of carbonyl (C=O) groups excluding carboxylic acids is 3. The highest BCUT2D eigenvalue weighted by Gasteiger charge is 2.50. The first-order valence-corrected chi connectivity index (χ1v) is 30.3. The number of aliphatic hydroxyl groups excluding tert-OH is 2. The second-order valence-corrected chi connectivity index (χ2v) is 21.0. The Labute approximate surface area is 445 Å². The van der Waals surface area contributed by atoms with Gasteiger partial charge in [-0.3, -0.25) is 14.4 Å². The van der Waals surface area contributed by atoms with E-state index in [1.807, 2.05) is 0 Å². The molecule has 0 aromatic heterocycles. The third-order valence-electron chi connectivity index (χ3n) is 14.0. The Morgan fingerprint density at radius 1 is 0.452 bits per heavy atom. The van der Waals surface area contributed by atoms with Crippen molar-refractivity contribution in [3.63, 3.8) is 0 Å². The first-order valence-electron chi connectivity index (χ1n) is 30.3. The average molecular weight is 1040 g/mol. The Balaban J connectivity index is 2.63. The molecule has 6 atom stereocenters. The summed E-state index contributed by atoms with van der Waals surface area (Å²) in [7, 11) is 0. The summed E-state index contributed by atoms with van der Waals surface area (Å²) in [5.41, 5.74) is 0. The summed E-state index contributed by atoms with van der Waals surface area (Å²) in [6, 6.07) is 0. The molecule has 1 rings (SSSR count). The van der Waals surface area contributed by atoms with Crippen molar-refractivity contribution in [2.75, 3.05) is 13.2 Å². The van der Waals surface area contributed by atoms with E-state index >= 15 is 0 Å². The molecule has 6 unspecified atom stereocenters. The van der Waals surface area contributed by atoms with Crippen LogP contribution in [0.4, 0.5) is 0 Å². The number of ether oxygens (including phenoxy) is 5. The molecule has 0 aliphatic carbocycles. The average Bonchev–Trinajstić information content (AvgIpc) is 3.37. The van der Waals surface area contributed by atoms with Crippen LogP contribution in [0.1, 0.15) is 290 Å². The first-order chi connectivity index (χ1) is 35.6. The lowest BCUT2D eigenvalue weighted by Crippen LogP contribution is -2.61. The van der Waals surface area contributed by atoms with Gasteiger partial charge in [-0.2, -0.15) is 0 Å². The predicted octanol–water partition coefficient (Wildman–Crippen LogP) is 15.5. The van der Waals surface area contributed by atoms with Crippen LogP contribution in [0.5, 0.6) is 0 Å². The number of rotatable bonds is 52. The van der Waals surface area contributed by atoms with Gasteiger partial charge in [-0.05, 0) is 51.4 Å². The van der Waals surface area contributed by atoms with E-state index in [1.54, 1.807) is 0 Å². The Morgan fingerprint density at radius 3 is 1.26 bits per heavy atom. The number of hydrogen-bond acceptors (Lipinski definition) is 11. The molecule has 1 aliphatic heterocycles. The molecule has 1 aliphatic rings. The first kappa shape index (κ1) is 68.2. The lowest BCUT2D eigenvalue weighted by Gasteiger charge is -2.40. The van der Waals surface area contributed by atoms with Crippen molar-refractivity contribution < 1.29 is 58.2 Å². The number of unbranched alkanes of at least 4 members (excludes halogenated alkanes) is 34. The minimum absolute atomic E-state index is 0.0636. The minimum Gasteiger partial charge on any atom is -0.479 e. The highest BCUT2D eigenvalue weighted by atomic mass is 16.7. The molecule has 1 heterocycles. The predicted molar refractivity (Wildman–Crippen MR) is 294 cm³/mol. The molecular weight excluding hydrogens is 925 g/mol. The number of allylic oxidation sites excluding steroid dienone is 4. The van der Waals surface area contributed by atoms with Gasteiger partial charge in [0.2, 0.25) is 0 Å². The molecule has 3 N–H and O–H groups in total. The van der Waals surface area contributed by atoms with Gasteiger partial charge in [0, 0.05) is 19.3 Å². The summed E-state index contributed by atoms with van der Waals surface area (Å²) < 4.78 is 28.4. The van der Waals surface area contributed by atoms with E-state index in [-0.39, 0.29) is 25.9 Å². The zero-order valence-corrected chi connectivity index (χ0v) is 46.9. The van der Waals surface area contributed by atoms with Gasteiger partial charge in [-0.25, -0.2) is 4.79 Å². The molecule has 0 spiro atoms. The van der Waals surface area contributed by atoms with Crippen molar-refractivity contribution in [1.29, 1.82) is 0 Å². The molecule has 426 valence electrons. The molecular formula is C61H110O12. The molecule has 1 saturated heterocycles. The largest absolute Gasteiger partial charge is 0.479 e. The molecule has 0 saturated carbocycles. The summed E-state index contributed by atoms with van der Waals surface area (Å²) in [4.78, 5) is 51.0. The van der Waals surface area contributed by atoms with Crippen LogP contribution < -0.4 is 0 Å². The number of carboxylic acid groups (broad SMARTS) is 1. The topological polar surface area (TPSA) is 175 Å². The van der Waals surface area contributed by atoms with Crippen LogP contribution >= 0.6 is 0 Å². The molecule has 0 amide bonds. The summed E-state index contributed by atoms with van der Waals surface area (Å²) >= 11 is 0. The SMILES string of the molecule is CCCCC/C=C\C/C=C\CCCCCCCC(=O)OC(COC(=O)CCCCCCCCCCCCCCCCCCCCC)COC1OC(C(=O)O)C(O)C(O)C1OC(=O)CCCCCCCCCCC. The van der Waals surface area contributed by atoms with Crippen molar-refractivity contribution in [1.82, 2.24) is 0 Å². The van der Waals surface area contributed by atoms with E-state index in [1.165, 1.54) is 141 Å². The maximum atomic E-state index is 13.1. The summed E-state index contributed by atoms with van der Waals surface area (Å²) in [5, 5.41) is 31.4. The van der Waals surface area contributed by atoms with Crippen LogP contribution in [0.15, 0.2) is 24.3 Å². The molecule has 12 heteroatoms. The fraction of sp³-hybridized carbons (Fsp3) is 0.869. The van der Waals surface area contributed by atoms with Crippen LogP contribution in [-0.4, -0.2) is 89.2 Å². The van der Waals surface area contributed by atoms with Gasteiger partial charge >= 0.3 is 23.9 Å². The van der Waals surface area contributed by atoms with E-state index in [4.69, 9.17) is 23.7 Å². The summed E-state index contributed by atoms with van der Waals surface area (Å²) in [5.74, 6) is -3.11. The number of aliphatic carboxylic acids is 1. The van der Waals surface area contributed by atoms with E-state index in [0.717, 1.165) is 89.9 Å². The smallest absolute Gasteiger partial charge is 0.335 e. The van der Waals surface area contributed by atoms with Crippen molar-refractivity contribution >= 4 is 23.9 Å². The third-order valence-corrected chi connectivity index (χ3v) is 14.0. The minimum atomic E-state index is -1.90. The molecule has 0 aromatic rings. The zero-order chi connectivity index (χ0) is 53.3. The molecule has 0 aromatic carbocycles. The standard InChI is InChI=1S/C61H110O12/c1-4-7-10-13-16-19-21-23-25-26-27-28-30-31-33-36-38-41-44-47-53(62)69-50-52(71-54(63)48-45-42-40-37-34-32-29-24-22-20-17-14-11-8-5-2)51-70-61-59(57(66)56(65)58(73-61)60(67)68)72-55(64)49-46-43-39-35-18-15-12-9-6-3/h17,20,24,29,52,56-59,61,65-66H,4-16,18-19,21-23,25-28,30-51H2,1-3H3,(H,67,68)/b20-17-,29-24-. The summed E-state index contributed by atoms with van der Waals surface area (Å²) in [6.07, 6.45) is 44.5. The van der Waals surface area contributed by atoms with Gasteiger partial charge in [-0.1, -0.05) is 244 Å². The Kier molecular flexibility index (Phi) is 46.8. The fourth-order valence-electron chi connectivity index (χ4n) is 9.34. The van der Waals surface area contributed by atoms with Gasteiger partial charge in [0.15, 0.2) is 24.6 Å². The molecule has 1 fully saturated rings. The molecule has 12 nitrogen and oxygen atoms in total. The van der Waals surface area contributed by atoms with Crippen LogP contribution in [0, 0.1) is 0 Å². The lowest BCUT2D eigenvalue weighted by molar-refractivity contribution is -0.301. The summed E-state index contributed by atoms with van der Waals surface area (Å²) in [6.45, 7) is 5.95. The van der Waals surface area contributed by atoms with Crippen molar-refractivity contribution in [2.45, 2.75) is 327 Å². The van der Waals surface area contributed by atoms with E-state index in [9.17, 15) is 34.5 Å². The molecule has 0 radical (unpaired) electrons. The Morgan fingerprint density at radius 2 is 0.822 bits per heavy atom. The zero-order valence-electron chi connectivity index (χ0n) is 46.9.